The van der Waals surface area contributed by atoms with E-state index in [1.54, 1.807) is 0 Å². The molecule has 0 spiro atoms. The summed E-state index contributed by atoms with van der Waals surface area (Å²) in [4.78, 5) is 2.39. The Hall–Kier alpha value is -1.76. The second-order valence-electron chi connectivity index (χ2n) is 4.84. The number of hydrogen-bond donors (Lipinski definition) is 0. The van der Waals surface area contributed by atoms with E-state index in [0.29, 0.717) is 0 Å². The van der Waals surface area contributed by atoms with Gasteiger partial charge in [0.25, 0.3) is 0 Å². The van der Waals surface area contributed by atoms with Gasteiger partial charge in [-0.2, -0.15) is 0 Å². The van der Waals surface area contributed by atoms with Crippen molar-refractivity contribution in [3.05, 3.63) is 65.2 Å². The molecule has 2 aromatic rings. The Balaban J connectivity index is 2.14. The van der Waals surface area contributed by atoms with E-state index in [-0.39, 0.29) is 0 Å². The second kappa shape index (κ2) is 5.72. The lowest BCUT2D eigenvalue weighted by Crippen LogP contribution is -2.21. The molecule has 2 rings (SSSR count). The summed E-state index contributed by atoms with van der Waals surface area (Å²) >= 11 is 0. The van der Waals surface area contributed by atoms with E-state index >= 15 is 0 Å². The van der Waals surface area contributed by atoms with Gasteiger partial charge in [-0.05, 0) is 38.5 Å². The molecule has 0 saturated carbocycles. The summed E-state index contributed by atoms with van der Waals surface area (Å²) in [6.45, 7) is 8.45. The average Bonchev–Trinajstić information content (AvgIpc) is 2.39. The number of hydrogen-bond acceptors (Lipinski definition) is 1. The molecule has 0 N–H and O–H groups in total. The fourth-order valence-electron chi connectivity index (χ4n) is 2.06. The van der Waals surface area contributed by atoms with Crippen molar-refractivity contribution in [1.82, 2.24) is 0 Å². The minimum Gasteiger partial charge on any atom is -0.367 e. The maximum absolute atomic E-state index is 2.39. The SMILES string of the molecule is CCN(Cc1ccc(C)cc1)c1ccc(C)cc1. The standard InChI is InChI=1S/C17H21N/c1-4-18(17-11-7-15(3)8-12-17)13-16-9-5-14(2)6-10-16/h5-12H,4,13H2,1-3H3. The highest BCUT2D eigenvalue weighted by Gasteiger charge is 2.04. The van der Waals surface area contributed by atoms with E-state index in [4.69, 9.17) is 0 Å². The largest absolute Gasteiger partial charge is 0.367 e. The first-order valence-corrected chi connectivity index (χ1v) is 6.56. The number of nitrogens with zero attached hydrogens (tertiary/aromatic N) is 1. The van der Waals surface area contributed by atoms with Crippen molar-refractivity contribution in [3.63, 3.8) is 0 Å². The van der Waals surface area contributed by atoms with Crippen molar-refractivity contribution in [3.8, 4) is 0 Å². The molecule has 0 aromatic heterocycles. The van der Waals surface area contributed by atoms with Crippen LogP contribution in [-0.4, -0.2) is 6.54 Å². The van der Waals surface area contributed by atoms with E-state index in [1.807, 2.05) is 0 Å². The molecule has 0 atom stereocenters. The molecule has 18 heavy (non-hydrogen) atoms. The monoisotopic (exact) mass is 239 g/mol. The first kappa shape index (κ1) is 12.7. The lowest BCUT2D eigenvalue weighted by molar-refractivity contribution is 0.831. The van der Waals surface area contributed by atoms with Gasteiger partial charge < -0.3 is 4.90 Å². The van der Waals surface area contributed by atoms with E-state index in [1.165, 1.54) is 22.4 Å². The minimum atomic E-state index is 0.972. The quantitative estimate of drug-likeness (QED) is 0.767. The van der Waals surface area contributed by atoms with Crippen LogP contribution in [0.2, 0.25) is 0 Å². The molecule has 0 unspecified atom stereocenters. The number of anilines is 1. The first-order chi connectivity index (χ1) is 8.69. The number of benzene rings is 2. The van der Waals surface area contributed by atoms with Crippen molar-refractivity contribution < 1.29 is 0 Å². The summed E-state index contributed by atoms with van der Waals surface area (Å²) in [5, 5.41) is 0. The van der Waals surface area contributed by atoms with Gasteiger partial charge in [-0.15, -0.1) is 0 Å². The van der Waals surface area contributed by atoms with Gasteiger partial charge >= 0.3 is 0 Å². The van der Waals surface area contributed by atoms with Gasteiger partial charge in [-0.3, -0.25) is 0 Å². The van der Waals surface area contributed by atoms with Gasteiger partial charge in [-0.25, -0.2) is 0 Å². The third-order valence-electron chi connectivity index (χ3n) is 3.27. The van der Waals surface area contributed by atoms with Gasteiger partial charge in [0.05, 0.1) is 0 Å². The Morgan fingerprint density at radius 3 is 1.78 bits per heavy atom. The summed E-state index contributed by atoms with van der Waals surface area (Å²) in [7, 11) is 0. The highest BCUT2D eigenvalue weighted by atomic mass is 15.1. The zero-order valence-corrected chi connectivity index (χ0v) is 11.5. The van der Waals surface area contributed by atoms with Crippen LogP contribution in [0.5, 0.6) is 0 Å². The minimum absolute atomic E-state index is 0.972. The van der Waals surface area contributed by atoms with Crippen LogP contribution < -0.4 is 4.90 Å². The topological polar surface area (TPSA) is 3.24 Å². The molecule has 1 heteroatoms. The zero-order chi connectivity index (χ0) is 13.0. The highest BCUT2D eigenvalue weighted by Crippen LogP contribution is 2.18. The Morgan fingerprint density at radius 2 is 1.28 bits per heavy atom. The van der Waals surface area contributed by atoms with Crippen LogP contribution in [0.15, 0.2) is 48.5 Å². The van der Waals surface area contributed by atoms with Crippen LogP contribution >= 0.6 is 0 Å². The average molecular weight is 239 g/mol. The van der Waals surface area contributed by atoms with Crippen molar-refractivity contribution in [2.45, 2.75) is 27.3 Å². The summed E-state index contributed by atoms with van der Waals surface area (Å²) in [6, 6.07) is 17.5. The zero-order valence-electron chi connectivity index (χ0n) is 11.5. The van der Waals surface area contributed by atoms with E-state index < -0.39 is 0 Å². The molecule has 0 aliphatic carbocycles. The smallest absolute Gasteiger partial charge is 0.0429 e. The van der Waals surface area contributed by atoms with Crippen molar-refractivity contribution in [2.75, 3.05) is 11.4 Å². The fourth-order valence-corrected chi connectivity index (χ4v) is 2.06. The molecule has 0 bridgehead atoms. The number of aryl methyl sites for hydroxylation is 2. The van der Waals surface area contributed by atoms with Gasteiger partial charge in [0.2, 0.25) is 0 Å². The van der Waals surface area contributed by atoms with Crippen LogP contribution in [0.3, 0.4) is 0 Å². The maximum Gasteiger partial charge on any atom is 0.0429 e. The highest BCUT2D eigenvalue weighted by molar-refractivity contribution is 5.48. The third kappa shape index (κ3) is 3.13. The molecule has 0 radical (unpaired) electrons. The summed E-state index contributed by atoms with van der Waals surface area (Å²) in [5.41, 5.74) is 5.29. The molecule has 0 fully saturated rings. The van der Waals surface area contributed by atoms with E-state index in [2.05, 4.69) is 74.2 Å². The maximum atomic E-state index is 2.39. The predicted molar refractivity (Wildman–Crippen MR) is 79.1 cm³/mol. The Kier molecular flexibility index (Phi) is 4.03. The normalized spacial score (nSPS) is 10.4. The first-order valence-electron chi connectivity index (χ1n) is 6.56. The van der Waals surface area contributed by atoms with Crippen LogP contribution in [0.1, 0.15) is 23.6 Å². The predicted octanol–water partition coefficient (Wildman–Crippen LogP) is 4.33. The Bertz CT molecular complexity index is 482. The molecule has 0 heterocycles. The molecule has 2 aromatic carbocycles. The molecular weight excluding hydrogens is 218 g/mol. The van der Waals surface area contributed by atoms with Crippen LogP contribution in [0.25, 0.3) is 0 Å². The molecular formula is C17H21N. The molecule has 0 aliphatic heterocycles. The molecule has 0 aliphatic rings. The van der Waals surface area contributed by atoms with Gasteiger partial charge in [-0.1, -0.05) is 47.5 Å². The van der Waals surface area contributed by atoms with Crippen molar-refractivity contribution in [2.24, 2.45) is 0 Å². The summed E-state index contributed by atoms with van der Waals surface area (Å²) in [6.07, 6.45) is 0. The Labute approximate surface area is 110 Å². The summed E-state index contributed by atoms with van der Waals surface area (Å²) < 4.78 is 0. The summed E-state index contributed by atoms with van der Waals surface area (Å²) in [5.74, 6) is 0. The Morgan fingerprint density at radius 1 is 0.778 bits per heavy atom. The lowest BCUT2D eigenvalue weighted by Gasteiger charge is -2.23. The fraction of sp³-hybridized carbons (Fsp3) is 0.294. The van der Waals surface area contributed by atoms with Crippen molar-refractivity contribution >= 4 is 5.69 Å². The lowest BCUT2D eigenvalue weighted by atomic mass is 10.1. The molecule has 0 amide bonds. The van der Waals surface area contributed by atoms with Gasteiger partial charge in [0.15, 0.2) is 0 Å². The molecule has 94 valence electrons. The molecule has 1 nitrogen and oxygen atoms in total. The number of rotatable bonds is 4. The van der Waals surface area contributed by atoms with Gasteiger partial charge in [0, 0.05) is 18.8 Å². The second-order valence-corrected chi connectivity index (χ2v) is 4.84. The third-order valence-corrected chi connectivity index (χ3v) is 3.27. The van der Waals surface area contributed by atoms with Gasteiger partial charge in [0.1, 0.15) is 0 Å². The van der Waals surface area contributed by atoms with E-state index in [0.717, 1.165) is 13.1 Å². The molecule has 0 saturated heterocycles. The van der Waals surface area contributed by atoms with Crippen LogP contribution in [0, 0.1) is 13.8 Å². The van der Waals surface area contributed by atoms with Crippen LogP contribution in [-0.2, 0) is 6.54 Å². The van der Waals surface area contributed by atoms with Crippen LogP contribution in [0.4, 0.5) is 5.69 Å². The van der Waals surface area contributed by atoms with E-state index in [9.17, 15) is 0 Å². The van der Waals surface area contributed by atoms with Crippen molar-refractivity contribution in [1.29, 1.82) is 0 Å².